The van der Waals surface area contributed by atoms with E-state index in [0.29, 0.717) is 0 Å². The Morgan fingerprint density at radius 3 is 2.55 bits per heavy atom. The summed E-state index contributed by atoms with van der Waals surface area (Å²) in [4.78, 5) is 18.3. The molecule has 4 nitrogen and oxygen atoms in total. The van der Waals surface area contributed by atoms with Gasteiger partial charge in [-0.3, -0.25) is 4.79 Å². The molecule has 22 heavy (non-hydrogen) atoms. The molecule has 1 fully saturated rings. The van der Waals surface area contributed by atoms with E-state index in [2.05, 4.69) is 10.3 Å². The van der Waals surface area contributed by atoms with Crippen molar-refractivity contribution in [2.45, 2.75) is 70.3 Å². The Bertz CT molecular complexity index is 498. The molecule has 2 aliphatic carbocycles. The molecule has 124 valence electrons. The van der Waals surface area contributed by atoms with E-state index in [0.717, 1.165) is 42.9 Å². The van der Waals surface area contributed by atoms with E-state index < -0.39 is 0 Å². The summed E-state index contributed by atoms with van der Waals surface area (Å²) < 4.78 is 0. The summed E-state index contributed by atoms with van der Waals surface area (Å²) in [5, 5.41) is 3.84. The van der Waals surface area contributed by atoms with Gasteiger partial charge >= 0.3 is 0 Å². The maximum atomic E-state index is 12.4. The second-order valence-electron chi connectivity index (χ2n) is 6.42. The molecule has 1 amide bonds. The van der Waals surface area contributed by atoms with Crippen LogP contribution in [0, 0.1) is 5.92 Å². The zero-order valence-corrected chi connectivity index (χ0v) is 14.6. The van der Waals surface area contributed by atoms with Crippen molar-refractivity contribution in [2.75, 3.05) is 5.32 Å². The van der Waals surface area contributed by atoms with Crippen molar-refractivity contribution in [3.8, 4) is 0 Å². The van der Waals surface area contributed by atoms with E-state index in [-0.39, 0.29) is 30.3 Å². The molecule has 1 atom stereocenters. The van der Waals surface area contributed by atoms with Gasteiger partial charge in [-0.2, -0.15) is 0 Å². The van der Waals surface area contributed by atoms with E-state index >= 15 is 0 Å². The minimum absolute atomic E-state index is 0. The number of aromatic nitrogens is 1. The van der Waals surface area contributed by atoms with Crippen LogP contribution in [-0.2, 0) is 17.6 Å². The number of amides is 1. The first-order valence-electron chi connectivity index (χ1n) is 8.27. The van der Waals surface area contributed by atoms with Crippen molar-refractivity contribution < 1.29 is 4.79 Å². The predicted octanol–water partition coefficient (Wildman–Crippen LogP) is 3.68. The lowest BCUT2D eigenvalue weighted by Gasteiger charge is -2.18. The fourth-order valence-corrected chi connectivity index (χ4v) is 4.48. The zero-order valence-electron chi connectivity index (χ0n) is 13.0. The van der Waals surface area contributed by atoms with Crippen molar-refractivity contribution in [3.63, 3.8) is 0 Å². The molecule has 1 aromatic rings. The number of hydrogen-bond donors (Lipinski definition) is 2. The van der Waals surface area contributed by atoms with Crippen LogP contribution in [-0.4, -0.2) is 16.9 Å². The third-order valence-corrected chi connectivity index (χ3v) is 5.72. The summed E-state index contributed by atoms with van der Waals surface area (Å²) in [6.45, 7) is 0. The highest BCUT2D eigenvalue weighted by molar-refractivity contribution is 7.15. The highest BCUT2D eigenvalue weighted by atomic mass is 35.5. The van der Waals surface area contributed by atoms with Crippen LogP contribution in [0.2, 0.25) is 0 Å². The van der Waals surface area contributed by atoms with Gasteiger partial charge in [-0.1, -0.05) is 32.1 Å². The number of halogens is 1. The number of thiazole rings is 1. The van der Waals surface area contributed by atoms with Gasteiger partial charge < -0.3 is 11.1 Å². The number of fused-ring (bicyclic) bond motifs is 1. The topological polar surface area (TPSA) is 68.0 Å². The lowest BCUT2D eigenvalue weighted by molar-refractivity contribution is -0.120. The molecular weight excluding hydrogens is 318 g/mol. The monoisotopic (exact) mass is 343 g/mol. The van der Waals surface area contributed by atoms with Crippen molar-refractivity contribution in [2.24, 2.45) is 11.7 Å². The average molecular weight is 344 g/mol. The van der Waals surface area contributed by atoms with Crippen LogP contribution in [0.25, 0.3) is 0 Å². The molecule has 0 unspecified atom stereocenters. The molecule has 0 radical (unpaired) electrons. The molecule has 3 N–H and O–H groups in total. The van der Waals surface area contributed by atoms with E-state index in [9.17, 15) is 4.79 Å². The lowest BCUT2D eigenvalue weighted by Crippen LogP contribution is -2.27. The first-order chi connectivity index (χ1) is 10.2. The Balaban J connectivity index is 0.00000176. The number of carbonyl (C=O) groups is 1. The number of nitrogens with zero attached hydrogens (tertiary/aromatic N) is 1. The first-order valence-corrected chi connectivity index (χ1v) is 9.09. The molecule has 0 aromatic carbocycles. The standard InChI is InChI=1S/C16H25N3OS.ClH/c17-12-8-9-13-14(10-12)21-16(18-13)19-15(20)11-6-4-2-1-3-5-7-11;/h11-12H,1-10,17H2,(H,18,19,20);1H/t12-;/m0./s1. The summed E-state index contributed by atoms with van der Waals surface area (Å²) in [5.41, 5.74) is 7.15. The number of aryl methyl sites for hydroxylation is 1. The maximum Gasteiger partial charge on any atom is 0.229 e. The minimum Gasteiger partial charge on any atom is -0.327 e. The van der Waals surface area contributed by atoms with E-state index in [4.69, 9.17) is 5.73 Å². The maximum absolute atomic E-state index is 12.4. The normalized spacial score (nSPS) is 22.9. The van der Waals surface area contributed by atoms with Crippen molar-refractivity contribution in [1.29, 1.82) is 0 Å². The fourth-order valence-electron chi connectivity index (χ4n) is 3.38. The Morgan fingerprint density at radius 1 is 1.14 bits per heavy atom. The quantitative estimate of drug-likeness (QED) is 0.860. The molecule has 1 heterocycles. The number of rotatable bonds is 2. The third kappa shape index (κ3) is 4.43. The Morgan fingerprint density at radius 2 is 1.82 bits per heavy atom. The zero-order chi connectivity index (χ0) is 14.7. The van der Waals surface area contributed by atoms with Crippen LogP contribution in [0.4, 0.5) is 5.13 Å². The molecular formula is C16H26ClN3OS. The smallest absolute Gasteiger partial charge is 0.229 e. The predicted molar refractivity (Wildman–Crippen MR) is 93.8 cm³/mol. The van der Waals surface area contributed by atoms with Crippen molar-refractivity contribution >= 4 is 34.8 Å². The van der Waals surface area contributed by atoms with Gasteiger partial charge in [0, 0.05) is 16.8 Å². The third-order valence-electron chi connectivity index (χ3n) is 4.68. The van der Waals surface area contributed by atoms with Crippen LogP contribution < -0.4 is 11.1 Å². The lowest BCUT2D eigenvalue weighted by atomic mass is 9.90. The van der Waals surface area contributed by atoms with Gasteiger partial charge in [0.15, 0.2) is 5.13 Å². The molecule has 0 spiro atoms. The highest BCUT2D eigenvalue weighted by Gasteiger charge is 2.23. The van der Waals surface area contributed by atoms with Gasteiger partial charge in [-0.05, 0) is 32.1 Å². The second kappa shape index (κ2) is 8.27. The SMILES string of the molecule is Cl.N[C@H]1CCc2nc(NC(=O)C3CCCCCCC3)sc2C1. The number of hydrogen-bond acceptors (Lipinski definition) is 4. The van der Waals surface area contributed by atoms with Crippen LogP contribution in [0.15, 0.2) is 0 Å². The number of carbonyl (C=O) groups excluding carboxylic acids is 1. The number of nitrogens with two attached hydrogens (primary N) is 1. The van der Waals surface area contributed by atoms with Gasteiger partial charge in [0.2, 0.25) is 5.91 Å². The van der Waals surface area contributed by atoms with E-state index in [1.165, 1.54) is 37.0 Å². The summed E-state index contributed by atoms with van der Waals surface area (Å²) >= 11 is 1.62. The molecule has 1 saturated carbocycles. The van der Waals surface area contributed by atoms with Crippen LogP contribution in [0.1, 0.15) is 61.9 Å². The summed E-state index contributed by atoms with van der Waals surface area (Å²) in [7, 11) is 0. The molecule has 1 aromatic heterocycles. The number of nitrogens with one attached hydrogen (secondary N) is 1. The summed E-state index contributed by atoms with van der Waals surface area (Å²) in [6.07, 6.45) is 11.2. The van der Waals surface area contributed by atoms with Crippen LogP contribution in [0.5, 0.6) is 0 Å². The number of anilines is 1. The molecule has 3 rings (SSSR count). The van der Waals surface area contributed by atoms with Gasteiger partial charge in [-0.25, -0.2) is 4.98 Å². The molecule has 0 aliphatic heterocycles. The molecule has 0 saturated heterocycles. The fraction of sp³-hybridized carbons (Fsp3) is 0.750. The Hall–Kier alpha value is -0.650. The molecule has 6 heteroatoms. The van der Waals surface area contributed by atoms with Crippen molar-refractivity contribution in [3.05, 3.63) is 10.6 Å². The Kier molecular flexibility index (Phi) is 6.66. The van der Waals surface area contributed by atoms with Gasteiger partial charge in [0.05, 0.1) is 5.69 Å². The van der Waals surface area contributed by atoms with Gasteiger partial charge in [0.1, 0.15) is 0 Å². The highest BCUT2D eigenvalue weighted by Crippen LogP contribution is 2.30. The largest absolute Gasteiger partial charge is 0.327 e. The van der Waals surface area contributed by atoms with Crippen molar-refractivity contribution in [1.82, 2.24) is 4.98 Å². The van der Waals surface area contributed by atoms with Crippen LogP contribution in [0.3, 0.4) is 0 Å². The minimum atomic E-state index is 0. The second-order valence-corrected chi connectivity index (χ2v) is 7.51. The summed E-state index contributed by atoms with van der Waals surface area (Å²) in [6, 6.07) is 0.257. The van der Waals surface area contributed by atoms with E-state index in [1.807, 2.05) is 0 Å². The van der Waals surface area contributed by atoms with E-state index in [1.54, 1.807) is 11.3 Å². The molecule has 2 aliphatic rings. The van der Waals surface area contributed by atoms with Gasteiger partial charge in [0.25, 0.3) is 0 Å². The Labute approximate surface area is 142 Å². The molecule has 0 bridgehead atoms. The van der Waals surface area contributed by atoms with Crippen LogP contribution >= 0.6 is 23.7 Å². The first kappa shape index (κ1) is 17.7. The van der Waals surface area contributed by atoms with Gasteiger partial charge in [-0.15, -0.1) is 23.7 Å². The average Bonchev–Trinajstić information content (AvgIpc) is 2.79. The summed E-state index contributed by atoms with van der Waals surface area (Å²) in [5.74, 6) is 0.348.